The van der Waals surface area contributed by atoms with E-state index >= 15 is 0 Å². The van der Waals surface area contributed by atoms with Gasteiger partial charge in [-0.15, -0.1) is 0 Å². The summed E-state index contributed by atoms with van der Waals surface area (Å²) in [6.07, 6.45) is 13.7. The molecular formula is C31H50N4OS. The topological polar surface area (TPSA) is 48.6 Å². The molecule has 3 N–H and O–H groups in total. The number of nitrogens with zero attached hydrogens (tertiary/aromatic N) is 1. The van der Waals surface area contributed by atoms with Crippen LogP contribution in [-0.4, -0.2) is 47.9 Å². The van der Waals surface area contributed by atoms with Crippen molar-refractivity contribution in [1.82, 2.24) is 20.3 Å². The van der Waals surface area contributed by atoms with Gasteiger partial charge in [0.05, 0.1) is 6.10 Å². The zero-order valence-corrected chi connectivity index (χ0v) is 24.1. The molecule has 5 fully saturated rings. The lowest BCUT2D eigenvalue weighted by molar-refractivity contribution is -0.161. The number of fused-ring (bicyclic) bond motifs is 8. The number of ether oxygens (including phenoxy) is 1. The monoisotopic (exact) mass is 526 g/mol. The molecule has 0 amide bonds. The van der Waals surface area contributed by atoms with E-state index in [1.54, 1.807) is 0 Å². The van der Waals surface area contributed by atoms with Crippen molar-refractivity contribution in [3.63, 3.8) is 0 Å². The number of piperidine rings is 1. The first-order valence-electron chi connectivity index (χ1n) is 15.4. The van der Waals surface area contributed by atoms with Gasteiger partial charge in [-0.2, -0.15) is 0 Å². The summed E-state index contributed by atoms with van der Waals surface area (Å²) >= 11 is 1.98. The molecule has 6 heteroatoms. The van der Waals surface area contributed by atoms with Crippen molar-refractivity contribution < 1.29 is 4.74 Å². The van der Waals surface area contributed by atoms with E-state index in [1.807, 2.05) is 11.9 Å². The molecule has 206 valence electrons. The van der Waals surface area contributed by atoms with Gasteiger partial charge in [-0.1, -0.05) is 69.3 Å². The molecule has 1 aromatic rings. The molecule has 8 unspecified atom stereocenters. The van der Waals surface area contributed by atoms with Gasteiger partial charge in [-0.05, 0) is 80.2 Å². The maximum absolute atomic E-state index is 7.35. The molecule has 5 aliphatic rings. The summed E-state index contributed by atoms with van der Waals surface area (Å²) in [5.74, 6) is 3.04. The van der Waals surface area contributed by atoms with Crippen LogP contribution in [0, 0.1) is 30.6 Å². The van der Waals surface area contributed by atoms with Gasteiger partial charge in [-0.25, -0.2) is 4.72 Å². The van der Waals surface area contributed by atoms with Crippen LogP contribution >= 0.6 is 11.9 Å². The van der Waals surface area contributed by atoms with E-state index < -0.39 is 0 Å². The van der Waals surface area contributed by atoms with Crippen molar-refractivity contribution in [3.8, 4) is 0 Å². The Balaban J connectivity index is 1.34. The Hall–Kier alpha value is -0.630. The fraction of sp³-hybridized carbons (Fsp3) is 0.806. The minimum Gasteiger partial charge on any atom is -0.358 e. The van der Waals surface area contributed by atoms with Gasteiger partial charge < -0.3 is 4.74 Å². The number of hydrogen-bond donors (Lipinski definition) is 3. The van der Waals surface area contributed by atoms with Crippen molar-refractivity contribution in [2.24, 2.45) is 23.7 Å². The summed E-state index contributed by atoms with van der Waals surface area (Å²) in [5, 5.41) is 8.48. The number of hydrogen-bond acceptors (Lipinski definition) is 6. The van der Waals surface area contributed by atoms with Crippen molar-refractivity contribution >= 4 is 11.9 Å². The number of rotatable bonds is 3. The first-order chi connectivity index (χ1) is 18.0. The largest absolute Gasteiger partial charge is 0.358 e. The lowest BCUT2D eigenvalue weighted by Gasteiger charge is -2.53. The molecule has 1 aromatic carbocycles. The number of nitrogens with one attached hydrogen (secondary N) is 3. The first kappa shape index (κ1) is 26.6. The number of aryl methyl sites for hydroxylation is 1. The predicted molar refractivity (Wildman–Crippen MR) is 154 cm³/mol. The minimum absolute atomic E-state index is 0.0554. The lowest BCUT2D eigenvalue weighted by Crippen LogP contribution is -2.64. The second-order valence-corrected chi connectivity index (χ2v) is 14.4. The minimum atomic E-state index is 0.0554. The van der Waals surface area contributed by atoms with Crippen LogP contribution in [0.5, 0.6) is 0 Å². The standard InChI is InChI=1S/C31H50N4OS/c1-20(2)15-28-30-26-14-7-5-11-23(26)19-35(28)18-22-10-8-12-24(16-22)37-34-31-32-27(17-29(33-31)36-30)25-13-6-4-9-21(25)3/h4,6,9,13,20,22-24,26-34H,5,7-8,10-12,14-19H2,1-3H3/t22?,23?,24?,26?,27?,28-,29?,30+,31?/m1/s1. The van der Waals surface area contributed by atoms with Crippen LogP contribution in [-0.2, 0) is 4.74 Å². The van der Waals surface area contributed by atoms with E-state index in [4.69, 9.17) is 4.74 Å². The highest BCUT2D eigenvalue weighted by Crippen LogP contribution is 2.44. The molecule has 0 radical (unpaired) electrons. The molecule has 3 aliphatic heterocycles. The molecule has 10 atom stereocenters. The average molecular weight is 527 g/mol. The normalized spacial score (nSPS) is 42.7. The molecular weight excluding hydrogens is 476 g/mol. The Morgan fingerprint density at radius 1 is 1.00 bits per heavy atom. The van der Waals surface area contributed by atoms with Crippen molar-refractivity contribution in [2.75, 3.05) is 13.1 Å². The molecule has 0 aromatic heterocycles. The van der Waals surface area contributed by atoms with Crippen molar-refractivity contribution in [1.29, 1.82) is 0 Å². The Labute approximate surface area is 229 Å². The van der Waals surface area contributed by atoms with Crippen LogP contribution in [0.3, 0.4) is 0 Å². The summed E-state index contributed by atoms with van der Waals surface area (Å²) in [6, 6.07) is 9.74. The maximum atomic E-state index is 7.35. The van der Waals surface area contributed by atoms with E-state index in [9.17, 15) is 0 Å². The van der Waals surface area contributed by atoms with Gasteiger partial charge in [0, 0.05) is 36.8 Å². The molecule has 0 spiro atoms. The highest BCUT2D eigenvalue weighted by Gasteiger charge is 2.47. The van der Waals surface area contributed by atoms with Gasteiger partial charge in [0.25, 0.3) is 0 Å². The zero-order valence-electron chi connectivity index (χ0n) is 23.3. The van der Waals surface area contributed by atoms with E-state index in [2.05, 4.69) is 65.3 Å². The van der Waals surface area contributed by atoms with E-state index in [1.165, 1.54) is 82.0 Å². The van der Waals surface area contributed by atoms with Crippen molar-refractivity contribution in [3.05, 3.63) is 35.4 Å². The molecule has 2 saturated carbocycles. The summed E-state index contributed by atoms with van der Waals surface area (Å²) in [4.78, 5) is 2.94. The molecule has 37 heavy (non-hydrogen) atoms. The summed E-state index contributed by atoms with van der Waals surface area (Å²) in [7, 11) is 0. The first-order valence-corrected chi connectivity index (χ1v) is 16.3. The Bertz CT molecular complexity index is 898. The van der Waals surface area contributed by atoms with Crippen LogP contribution in [0.15, 0.2) is 24.3 Å². The molecule has 3 saturated heterocycles. The third-order valence-electron chi connectivity index (χ3n) is 10.1. The van der Waals surface area contributed by atoms with Gasteiger partial charge in [0.15, 0.2) is 0 Å². The van der Waals surface area contributed by atoms with Crippen LogP contribution < -0.4 is 15.4 Å². The van der Waals surface area contributed by atoms with Crippen LogP contribution in [0.4, 0.5) is 0 Å². The fourth-order valence-corrected chi connectivity index (χ4v) is 9.45. The summed E-state index contributed by atoms with van der Waals surface area (Å²) < 4.78 is 11.2. The summed E-state index contributed by atoms with van der Waals surface area (Å²) in [6.45, 7) is 9.67. The molecule has 2 aliphatic carbocycles. The Morgan fingerprint density at radius 3 is 2.73 bits per heavy atom. The Kier molecular flexibility index (Phi) is 8.52. The number of benzene rings is 1. The van der Waals surface area contributed by atoms with Gasteiger partial charge >= 0.3 is 0 Å². The predicted octanol–water partition coefficient (Wildman–Crippen LogP) is 5.96. The SMILES string of the molecule is Cc1ccccc1C1CC2NC(NSC3CCCC(C3)CN3CC4CCCCC4[C@H](O2)[C@H]3CC(C)C)N1. The Morgan fingerprint density at radius 2 is 1.86 bits per heavy atom. The second-order valence-electron chi connectivity index (χ2n) is 13.3. The molecule has 5 nitrogen and oxygen atoms in total. The summed E-state index contributed by atoms with van der Waals surface area (Å²) in [5.41, 5.74) is 2.78. The highest BCUT2D eigenvalue weighted by atomic mass is 32.2. The zero-order chi connectivity index (χ0) is 25.4. The van der Waals surface area contributed by atoms with E-state index in [0.717, 1.165) is 18.3 Å². The lowest BCUT2D eigenvalue weighted by atomic mass is 9.69. The molecule has 3 heterocycles. The maximum Gasteiger partial charge on any atom is 0.123 e. The van der Waals surface area contributed by atoms with Gasteiger partial charge in [0.2, 0.25) is 0 Å². The van der Waals surface area contributed by atoms with Crippen LogP contribution in [0.2, 0.25) is 0 Å². The third-order valence-corrected chi connectivity index (χ3v) is 11.2. The smallest absolute Gasteiger partial charge is 0.123 e. The highest BCUT2D eigenvalue weighted by molar-refractivity contribution is 7.98. The second kappa shape index (κ2) is 11.9. The van der Waals surface area contributed by atoms with E-state index in [0.29, 0.717) is 35.3 Å². The molecule has 6 bridgehead atoms. The van der Waals surface area contributed by atoms with E-state index in [-0.39, 0.29) is 12.5 Å². The van der Waals surface area contributed by atoms with Crippen LogP contribution in [0.1, 0.15) is 95.2 Å². The molecule has 6 rings (SSSR count). The fourth-order valence-electron chi connectivity index (χ4n) is 8.34. The quantitative estimate of drug-likeness (QED) is 0.423. The third kappa shape index (κ3) is 6.10. The average Bonchev–Trinajstić information content (AvgIpc) is 2.89. The van der Waals surface area contributed by atoms with Crippen molar-refractivity contribution in [2.45, 2.75) is 121 Å². The van der Waals surface area contributed by atoms with Crippen LogP contribution in [0.25, 0.3) is 0 Å². The van der Waals surface area contributed by atoms with Gasteiger partial charge in [-0.3, -0.25) is 15.5 Å². The van der Waals surface area contributed by atoms with Gasteiger partial charge in [0.1, 0.15) is 12.5 Å².